The van der Waals surface area contributed by atoms with Gasteiger partial charge >= 0.3 is 0 Å². The zero-order valence-electron chi connectivity index (χ0n) is 11.8. The van der Waals surface area contributed by atoms with Crippen molar-refractivity contribution < 1.29 is 4.52 Å². The Bertz CT molecular complexity index is 534. The summed E-state index contributed by atoms with van der Waals surface area (Å²) in [5, 5.41) is 4.06. The van der Waals surface area contributed by atoms with Gasteiger partial charge in [-0.05, 0) is 43.2 Å². The van der Waals surface area contributed by atoms with Crippen molar-refractivity contribution in [2.75, 3.05) is 31.1 Å². The van der Waals surface area contributed by atoms with Gasteiger partial charge in [0.2, 0.25) is 5.89 Å². The summed E-state index contributed by atoms with van der Waals surface area (Å²) in [6, 6.07) is 10.2. The zero-order chi connectivity index (χ0) is 13.8. The fraction of sp³-hybridized carbons (Fsp3) is 0.467. The predicted octanol–water partition coefficient (Wildman–Crippen LogP) is 2.61. The van der Waals surface area contributed by atoms with Gasteiger partial charge in [0.05, 0.1) is 0 Å². The van der Waals surface area contributed by atoms with Crippen LogP contribution in [0.5, 0.6) is 0 Å². The van der Waals surface area contributed by atoms with Crippen LogP contribution in [0.15, 0.2) is 34.9 Å². The van der Waals surface area contributed by atoms with Crippen molar-refractivity contribution in [3.63, 3.8) is 0 Å². The standard InChI is InChI=1S/C15H20N4O/c1-13-16-15(17-20-13)19(14-7-3-2-4-8-14)12-11-18-9-5-6-10-18/h2-4,7-8H,5-6,9-12H2,1H3. The first-order valence-electron chi connectivity index (χ1n) is 7.18. The smallest absolute Gasteiger partial charge is 0.270 e. The van der Waals surface area contributed by atoms with Gasteiger partial charge in [-0.25, -0.2) is 0 Å². The molecule has 20 heavy (non-hydrogen) atoms. The van der Waals surface area contributed by atoms with Gasteiger partial charge in [-0.15, -0.1) is 0 Å². The zero-order valence-corrected chi connectivity index (χ0v) is 11.8. The molecule has 0 amide bonds. The third-order valence-electron chi connectivity index (χ3n) is 3.66. The Morgan fingerprint density at radius 1 is 1.20 bits per heavy atom. The lowest BCUT2D eigenvalue weighted by Gasteiger charge is -2.23. The molecule has 0 unspecified atom stereocenters. The van der Waals surface area contributed by atoms with Crippen molar-refractivity contribution >= 4 is 11.6 Å². The molecule has 0 bridgehead atoms. The lowest BCUT2D eigenvalue weighted by atomic mass is 10.3. The van der Waals surface area contributed by atoms with Gasteiger partial charge < -0.3 is 14.3 Å². The summed E-state index contributed by atoms with van der Waals surface area (Å²) in [5.41, 5.74) is 1.10. The monoisotopic (exact) mass is 272 g/mol. The second-order valence-corrected chi connectivity index (χ2v) is 5.15. The molecule has 2 aromatic rings. The fourth-order valence-corrected chi connectivity index (χ4v) is 2.60. The Morgan fingerprint density at radius 2 is 1.95 bits per heavy atom. The maximum atomic E-state index is 5.12. The van der Waals surface area contributed by atoms with Crippen molar-refractivity contribution in [2.24, 2.45) is 0 Å². The summed E-state index contributed by atoms with van der Waals surface area (Å²) in [6.45, 7) is 6.13. The van der Waals surface area contributed by atoms with Crippen LogP contribution >= 0.6 is 0 Å². The number of anilines is 2. The lowest BCUT2D eigenvalue weighted by Crippen LogP contribution is -2.31. The minimum atomic E-state index is 0.599. The van der Waals surface area contributed by atoms with Crippen LogP contribution in [0.2, 0.25) is 0 Å². The molecule has 1 aliphatic rings. The SMILES string of the molecule is Cc1nc(N(CCN2CCCC2)c2ccccc2)no1. The Balaban J connectivity index is 1.76. The van der Waals surface area contributed by atoms with E-state index in [1.807, 2.05) is 25.1 Å². The summed E-state index contributed by atoms with van der Waals surface area (Å²) in [4.78, 5) is 8.97. The van der Waals surface area contributed by atoms with E-state index >= 15 is 0 Å². The maximum absolute atomic E-state index is 5.12. The van der Waals surface area contributed by atoms with Crippen LogP contribution < -0.4 is 4.90 Å². The first kappa shape index (κ1) is 13.1. The number of aryl methyl sites for hydroxylation is 1. The summed E-state index contributed by atoms with van der Waals surface area (Å²) >= 11 is 0. The Hall–Kier alpha value is -1.88. The van der Waals surface area contributed by atoms with E-state index < -0.39 is 0 Å². The van der Waals surface area contributed by atoms with Gasteiger partial charge in [0.1, 0.15) is 0 Å². The summed E-state index contributed by atoms with van der Waals surface area (Å²) in [7, 11) is 0. The van der Waals surface area contributed by atoms with Crippen LogP contribution in [0.4, 0.5) is 11.6 Å². The van der Waals surface area contributed by atoms with Crippen molar-refractivity contribution in [1.29, 1.82) is 0 Å². The van der Waals surface area contributed by atoms with E-state index in [-0.39, 0.29) is 0 Å². The molecule has 1 aromatic carbocycles. The molecule has 1 aromatic heterocycles. The van der Waals surface area contributed by atoms with Crippen LogP contribution in [0, 0.1) is 6.92 Å². The van der Waals surface area contributed by atoms with Crippen LogP contribution in [-0.2, 0) is 0 Å². The van der Waals surface area contributed by atoms with E-state index in [4.69, 9.17) is 4.52 Å². The van der Waals surface area contributed by atoms with Gasteiger partial charge in [0, 0.05) is 25.7 Å². The average molecular weight is 272 g/mol. The molecule has 0 N–H and O–H groups in total. The topological polar surface area (TPSA) is 45.4 Å². The molecule has 1 saturated heterocycles. The van der Waals surface area contributed by atoms with Gasteiger partial charge in [0.15, 0.2) is 0 Å². The van der Waals surface area contributed by atoms with Crippen molar-refractivity contribution in [3.05, 3.63) is 36.2 Å². The molecule has 0 radical (unpaired) electrons. The summed E-state index contributed by atoms with van der Waals surface area (Å²) < 4.78 is 5.12. The normalized spacial score (nSPS) is 15.7. The molecule has 2 heterocycles. The molecule has 106 valence electrons. The highest BCUT2D eigenvalue weighted by atomic mass is 16.5. The first-order chi connectivity index (χ1) is 9.83. The highest BCUT2D eigenvalue weighted by molar-refractivity contribution is 5.56. The summed E-state index contributed by atoms with van der Waals surface area (Å²) in [6.07, 6.45) is 2.62. The minimum absolute atomic E-state index is 0.599. The molecule has 0 atom stereocenters. The van der Waals surface area contributed by atoms with E-state index in [1.54, 1.807) is 0 Å². The Kier molecular flexibility index (Phi) is 3.97. The summed E-state index contributed by atoms with van der Waals surface area (Å²) in [5.74, 6) is 1.25. The lowest BCUT2D eigenvalue weighted by molar-refractivity contribution is 0.346. The van der Waals surface area contributed by atoms with Crippen LogP contribution in [0.1, 0.15) is 18.7 Å². The number of benzene rings is 1. The molecule has 0 saturated carbocycles. The maximum Gasteiger partial charge on any atom is 0.270 e. The van der Waals surface area contributed by atoms with Gasteiger partial charge in [-0.2, -0.15) is 4.98 Å². The minimum Gasteiger partial charge on any atom is -0.338 e. The van der Waals surface area contributed by atoms with Crippen LogP contribution in [0.3, 0.4) is 0 Å². The average Bonchev–Trinajstić information content (AvgIpc) is 3.12. The number of hydrogen-bond donors (Lipinski definition) is 0. The van der Waals surface area contributed by atoms with Gasteiger partial charge in [-0.1, -0.05) is 18.2 Å². The molecular weight excluding hydrogens is 252 g/mol. The fourth-order valence-electron chi connectivity index (χ4n) is 2.60. The molecule has 5 heteroatoms. The molecule has 1 fully saturated rings. The number of rotatable bonds is 5. The van der Waals surface area contributed by atoms with E-state index in [9.17, 15) is 0 Å². The number of aromatic nitrogens is 2. The number of hydrogen-bond acceptors (Lipinski definition) is 5. The van der Waals surface area contributed by atoms with Crippen molar-refractivity contribution in [2.45, 2.75) is 19.8 Å². The molecule has 1 aliphatic heterocycles. The van der Waals surface area contributed by atoms with E-state index in [2.05, 4.69) is 32.1 Å². The first-order valence-corrected chi connectivity index (χ1v) is 7.18. The van der Waals surface area contributed by atoms with Crippen LogP contribution in [-0.4, -0.2) is 41.2 Å². The van der Waals surface area contributed by atoms with Crippen molar-refractivity contribution in [3.8, 4) is 0 Å². The van der Waals surface area contributed by atoms with E-state index in [0.717, 1.165) is 18.8 Å². The van der Waals surface area contributed by atoms with Crippen molar-refractivity contribution in [1.82, 2.24) is 15.0 Å². The molecular formula is C15H20N4O. The van der Waals surface area contributed by atoms with Gasteiger partial charge in [0.25, 0.3) is 5.95 Å². The molecule has 3 rings (SSSR count). The Labute approximate surface area is 119 Å². The number of nitrogens with zero attached hydrogens (tertiary/aromatic N) is 4. The van der Waals surface area contributed by atoms with E-state index in [0.29, 0.717) is 11.8 Å². The Morgan fingerprint density at radius 3 is 2.60 bits per heavy atom. The number of likely N-dealkylation sites (tertiary alicyclic amines) is 1. The van der Waals surface area contributed by atoms with E-state index in [1.165, 1.54) is 25.9 Å². The highest BCUT2D eigenvalue weighted by Gasteiger charge is 2.18. The highest BCUT2D eigenvalue weighted by Crippen LogP contribution is 2.22. The second-order valence-electron chi connectivity index (χ2n) is 5.15. The van der Waals surface area contributed by atoms with Gasteiger partial charge in [-0.3, -0.25) is 0 Å². The largest absolute Gasteiger partial charge is 0.338 e. The third-order valence-corrected chi connectivity index (χ3v) is 3.66. The predicted molar refractivity (Wildman–Crippen MR) is 78.2 cm³/mol. The second kappa shape index (κ2) is 6.05. The molecule has 5 nitrogen and oxygen atoms in total. The number of para-hydroxylation sites is 1. The molecule has 0 aliphatic carbocycles. The third kappa shape index (κ3) is 2.99. The quantitative estimate of drug-likeness (QED) is 0.837. The van der Waals surface area contributed by atoms with Crippen LogP contribution in [0.25, 0.3) is 0 Å². The molecule has 0 spiro atoms.